The van der Waals surface area contributed by atoms with E-state index in [0.29, 0.717) is 22.7 Å². The van der Waals surface area contributed by atoms with Crippen LogP contribution in [0.1, 0.15) is 27.4 Å². The summed E-state index contributed by atoms with van der Waals surface area (Å²) in [6, 6.07) is 5.42. The van der Waals surface area contributed by atoms with E-state index in [-0.39, 0.29) is 50.3 Å². The smallest absolute Gasteiger partial charge is 0.336 e. The molecule has 0 spiro atoms. The minimum Gasteiger partial charge on any atom is -0.336 e. The zero-order valence-corrected chi connectivity index (χ0v) is 23.8. The summed E-state index contributed by atoms with van der Waals surface area (Å²) < 4.78 is 78.8. The predicted molar refractivity (Wildman–Crippen MR) is 141 cm³/mol. The molecule has 40 heavy (non-hydrogen) atoms. The van der Waals surface area contributed by atoms with E-state index < -0.39 is 51.0 Å². The van der Waals surface area contributed by atoms with Crippen LogP contribution in [0.15, 0.2) is 36.4 Å². The Morgan fingerprint density at radius 1 is 0.950 bits per heavy atom. The molecule has 8 nitrogen and oxygen atoms in total. The molecule has 1 unspecified atom stereocenters. The first-order chi connectivity index (χ1) is 18.6. The fourth-order valence-corrected chi connectivity index (χ4v) is 6.18. The van der Waals surface area contributed by atoms with E-state index in [1.165, 1.54) is 26.1 Å². The second-order valence-corrected chi connectivity index (χ2v) is 12.6. The van der Waals surface area contributed by atoms with Gasteiger partial charge in [-0.15, -0.1) is 0 Å². The van der Waals surface area contributed by atoms with Gasteiger partial charge in [-0.3, -0.25) is 4.79 Å². The van der Waals surface area contributed by atoms with Gasteiger partial charge in [-0.1, -0.05) is 29.3 Å². The third-order valence-electron chi connectivity index (χ3n) is 7.20. The lowest BCUT2D eigenvalue weighted by molar-refractivity contribution is -0.137. The highest BCUT2D eigenvalue weighted by atomic mass is 35.5. The Kier molecular flexibility index (Phi) is 8.61. The summed E-state index contributed by atoms with van der Waals surface area (Å²) in [4.78, 5) is 31.0. The van der Waals surface area contributed by atoms with Gasteiger partial charge in [-0.05, 0) is 35.9 Å². The van der Waals surface area contributed by atoms with Gasteiger partial charge < -0.3 is 14.7 Å². The highest BCUT2D eigenvalue weighted by molar-refractivity contribution is 7.88. The highest BCUT2D eigenvalue weighted by Gasteiger charge is 2.42. The number of benzene rings is 2. The van der Waals surface area contributed by atoms with Gasteiger partial charge in [-0.2, -0.15) is 17.5 Å². The maximum Gasteiger partial charge on any atom is 0.416 e. The quantitative estimate of drug-likeness (QED) is 0.473. The molecule has 2 aliphatic heterocycles. The zero-order chi connectivity index (χ0) is 29.6. The van der Waals surface area contributed by atoms with Crippen molar-refractivity contribution in [2.24, 2.45) is 0 Å². The minimum absolute atomic E-state index is 0.0275. The summed E-state index contributed by atoms with van der Waals surface area (Å²) in [6.07, 6.45) is -3.75. The van der Waals surface area contributed by atoms with Crippen LogP contribution in [0.2, 0.25) is 10.0 Å². The van der Waals surface area contributed by atoms with E-state index in [9.17, 15) is 35.6 Å². The molecular weight excluding hydrogens is 599 g/mol. The van der Waals surface area contributed by atoms with Crippen LogP contribution in [-0.4, -0.2) is 98.0 Å². The molecule has 0 aromatic heterocycles. The fourth-order valence-electron chi connectivity index (χ4n) is 5.05. The molecule has 15 heteroatoms. The van der Waals surface area contributed by atoms with Crippen LogP contribution in [0.25, 0.3) is 0 Å². The molecule has 218 valence electrons. The minimum atomic E-state index is -4.85. The van der Waals surface area contributed by atoms with Crippen molar-refractivity contribution in [3.8, 4) is 0 Å². The third kappa shape index (κ3) is 6.48. The molecule has 2 atom stereocenters. The number of piperazine rings is 1. The van der Waals surface area contributed by atoms with E-state index in [1.807, 2.05) is 0 Å². The van der Waals surface area contributed by atoms with Crippen LogP contribution in [-0.2, 0) is 16.2 Å². The number of amides is 3. The monoisotopic (exact) mass is 624 g/mol. The lowest BCUT2D eigenvalue weighted by atomic mass is 9.93. The average Bonchev–Trinajstić information content (AvgIpc) is 3.33. The number of likely N-dealkylation sites (tertiary alicyclic amines) is 1. The SMILES string of the molecule is CN(C(=O)c1cc(F)cc(C(F)(F)F)c1)[C@@H]1CN(C(=O)N2CCN(S(C)(=O)=O)CC2)CC1c1ccc(Cl)c(Cl)c1. The molecule has 2 aromatic carbocycles. The number of likely N-dealkylation sites (N-methyl/N-ethyl adjacent to an activating group) is 1. The van der Waals surface area contributed by atoms with Gasteiger partial charge >= 0.3 is 12.2 Å². The number of rotatable bonds is 4. The van der Waals surface area contributed by atoms with E-state index in [4.69, 9.17) is 23.2 Å². The van der Waals surface area contributed by atoms with Gasteiger partial charge in [-0.25, -0.2) is 17.6 Å². The van der Waals surface area contributed by atoms with Crippen molar-refractivity contribution in [3.05, 3.63) is 69.0 Å². The molecule has 3 amide bonds. The lowest BCUT2D eigenvalue weighted by Crippen LogP contribution is -2.53. The largest absolute Gasteiger partial charge is 0.416 e. The van der Waals surface area contributed by atoms with Gasteiger partial charge in [0.25, 0.3) is 5.91 Å². The van der Waals surface area contributed by atoms with Gasteiger partial charge in [0, 0.05) is 57.8 Å². The number of halogens is 6. The van der Waals surface area contributed by atoms with Gasteiger partial charge in [0.15, 0.2) is 0 Å². The van der Waals surface area contributed by atoms with Crippen molar-refractivity contribution < 1.29 is 35.6 Å². The Hall–Kier alpha value is -2.61. The number of hydrogen-bond donors (Lipinski definition) is 0. The maximum atomic E-state index is 14.1. The van der Waals surface area contributed by atoms with Gasteiger partial charge in [0.05, 0.1) is 27.9 Å². The Morgan fingerprint density at radius 2 is 1.60 bits per heavy atom. The maximum absolute atomic E-state index is 14.1. The van der Waals surface area contributed by atoms with Crippen molar-refractivity contribution in [2.75, 3.05) is 52.6 Å². The molecule has 0 N–H and O–H groups in total. The molecule has 2 saturated heterocycles. The Labute approximate surface area is 239 Å². The predicted octanol–water partition coefficient (Wildman–Crippen LogP) is 4.39. The fraction of sp³-hybridized carbons (Fsp3) is 0.440. The van der Waals surface area contributed by atoms with E-state index in [1.54, 1.807) is 18.2 Å². The number of sulfonamides is 1. The first-order valence-corrected chi connectivity index (χ1v) is 14.8. The van der Waals surface area contributed by atoms with Crippen molar-refractivity contribution in [2.45, 2.75) is 18.1 Å². The molecule has 2 aromatic rings. The molecule has 0 saturated carbocycles. The van der Waals surface area contributed by atoms with Crippen molar-refractivity contribution in [1.29, 1.82) is 0 Å². The van der Waals surface area contributed by atoms with E-state index >= 15 is 0 Å². The van der Waals surface area contributed by atoms with Crippen molar-refractivity contribution in [1.82, 2.24) is 19.0 Å². The van der Waals surface area contributed by atoms with Crippen LogP contribution in [0.3, 0.4) is 0 Å². The highest BCUT2D eigenvalue weighted by Crippen LogP contribution is 2.36. The first-order valence-electron chi connectivity index (χ1n) is 12.1. The van der Waals surface area contributed by atoms with Crippen molar-refractivity contribution in [3.63, 3.8) is 0 Å². The van der Waals surface area contributed by atoms with Gasteiger partial charge in [0.1, 0.15) is 5.82 Å². The number of hydrogen-bond acceptors (Lipinski definition) is 4. The topological polar surface area (TPSA) is 81.2 Å². The standard InChI is InChI=1S/C25H26Cl2F4N4O4S/c1-32(23(36)16-9-17(25(29,30)31)12-18(28)10-16)22-14-34(13-19(22)15-3-4-20(26)21(27)11-15)24(37)33-5-7-35(8-6-33)40(2,38)39/h3-4,9-12,19,22H,5-8,13-14H2,1-2H3/t19?,22-/m1/s1. The first kappa shape index (κ1) is 30.4. The number of carbonyl (C=O) groups is 2. The summed E-state index contributed by atoms with van der Waals surface area (Å²) in [6.45, 7) is 0.781. The second-order valence-electron chi connectivity index (χ2n) is 9.83. The van der Waals surface area contributed by atoms with E-state index in [2.05, 4.69) is 0 Å². The number of nitrogens with zero attached hydrogens (tertiary/aromatic N) is 4. The second kappa shape index (κ2) is 11.3. The molecule has 2 fully saturated rings. The molecule has 0 aliphatic carbocycles. The van der Waals surface area contributed by atoms with Crippen LogP contribution in [0.4, 0.5) is 22.4 Å². The summed E-state index contributed by atoms with van der Waals surface area (Å²) >= 11 is 12.3. The average molecular weight is 625 g/mol. The summed E-state index contributed by atoms with van der Waals surface area (Å²) in [5.74, 6) is -2.55. The summed E-state index contributed by atoms with van der Waals surface area (Å²) in [5.41, 5.74) is -1.13. The van der Waals surface area contributed by atoms with Crippen LogP contribution < -0.4 is 0 Å². The third-order valence-corrected chi connectivity index (χ3v) is 9.24. The summed E-state index contributed by atoms with van der Waals surface area (Å²) in [7, 11) is -2.02. The van der Waals surface area contributed by atoms with E-state index in [0.717, 1.165) is 12.3 Å². The molecule has 0 radical (unpaired) electrons. The van der Waals surface area contributed by atoms with Gasteiger partial charge in [0.2, 0.25) is 10.0 Å². The summed E-state index contributed by atoms with van der Waals surface area (Å²) in [5, 5.41) is 0.536. The Bertz CT molecular complexity index is 1420. The van der Waals surface area contributed by atoms with Crippen LogP contribution in [0, 0.1) is 5.82 Å². The molecule has 2 aliphatic rings. The van der Waals surface area contributed by atoms with Crippen molar-refractivity contribution >= 4 is 45.2 Å². The number of urea groups is 1. The molecule has 2 heterocycles. The normalized spacial score (nSPS) is 20.6. The van der Waals surface area contributed by atoms with Crippen LogP contribution in [0.5, 0.6) is 0 Å². The molecule has 0 bridgehead atoms. The number of alkyl halides is 3. The number of carbonyl (C=O) groups excluding carboxylic acids is 2. The molecular formula is C25H26Cl2F4N4O4S. The van der Waals surface area contributed by atoms with Crippen LogP contribution >= 0.6 is 23.2 Å². The zero-order valence-electron chi connectivity index (χ0n) is 21.5. The molecule has 4 rings (SSSR count). The lowest BCUT2D eigenvalue weighted by Gasteiger charge is -2.35. The Morgan fingerprint density at radius 3 is 2.17 bits per heavy atom. The Balaban J connectivity index is 1.61.